The number of hydrogen-bond donors (Lipinski definition) is 2. The lowest BCUT2D eigenvalue weighted by Crippen LogP contribution is -2.11. The molecule has 0 aliphatic heterocycles. The molecule has 0 aliphatic rings. The second kappa shape index (κ2) is 7.04. The maximum Gasteiger partial charge on any atom is 0.292 e. The summed E-state index contributed by atoms with van der Waals surface area (Å²) in [5.74, 6) is 0.220. The Balaban J connectivity index is 2.13. The Hall–Kier alpha value is -2.40. The van der Waals surface area contributed by atoms with Gasteiger partial charge in [0, 0.05) is 12.6 Å². The van der Waals surface area contributed by atoms with Gasteiger partial charge < -0.3 is 10.4 Å². The van der Waals surface area contributed by atoms with Crippen LogP contribution in [0.1, 0.15) is 29.5 Å². The van der Waals surface area contributed by atoms with Gasteiger partial charge in [-0.1, -0.05) is 36.8 Å². The first-order chi connectivity index (χ1) is 10.5. The predicted molar refractivity (Wildman–Crippen MR) is 87.1 cm³/mol. The van der Waals surface area contributed by atoms with Crippen LogP contribution >= 0.6 is 0 Å². The number of nitrogens with zero attached hydrogens (tertiary/aromatic N) is 1. The summed E-state index contributed by atoms with van der Waals surface area (Å²) in [6.45, 7) is 4.55. The van der Waals surface area contributed by atoms with Crippen LogP contribution in [-0.2, 0) is 6.61 Å². The molecule has 2 N–H and O–H groups in total. The van der Waals surface area contributed by atoms with Crippen LogP contribution in [0.25, 0.3) is 0 Å². The average molecular weight is 300 g/mol. The molecule has 0 saturated carbocycles. The van der Waals surface area contributed by atoms with Gasteiger partial charge in [-0.3, -0.25) is 10.1 Å². The van der Waals surface area contributed by atoms with Crippen molar-refractivity contribution in [2.24, 2.45) is 0 Å². The van der Waals surface area contributed by atoms with E-state index in [1.165, 1.54) is 17.2 Å². The van der Waals surface area contributed by atoms with Gasteiger partial charge >= 0.3 is 0 Å². The minimum absolute atomic E-state index is 0.0216. The van der Waals surface area contributed by atoms with Crippen molar-refractivity contribution < 1.29 is 10.0 Å². The van der Waals surface area contributed by atoms with E-state index in [9.17, 15) is 15.2 Å². The molecule has 0 bridgehead atoms. The van der Waals surface area contributed by atoms with Gasteiger partial charge in [-0.25, -0.2) is 0 Å². The number of anilines is 1. The molecular weight excluding hydrogens is 280 g/mol. The third-order valence-corrected chi connectivity index (χ3v) is 3.69. The monoisotopic (exact) mass is 300 g/mol. The van der Waals surface area contributed by atoms with Crippen LogP contribution < -0.4 is 5.32 Å². The van der Waals surface area contributed by atoms with Crippen molar-refractivity contribution in [2.45, 2.75) is 26.4 Å². The minimum Gasteiger partial charge on any atom is -0.392 e. The molecule has 0 heterocycles. The molecule has 0 aliphatic carbocycles. The molecule has 0 amide bonds. The Kier molecular flexibility index (Phi) is 5.12. The summed E-state index contributed by atoms with van der Waals surface area (Å²) < 4.78 is 0. The lowest BCUT2D eigenvalue weighted by atomic mass is 10.00. The predicted octanol–water partition coefficient (Wildman–Crippen LogP) is 3.61. The van der Waals surface area contributed by atoms with Crippen molar-refractivity contribution in [3.63, 3.8) is 0 Å². The number of benzene rings is 2. The summed E-state index contributed by atoms with van der Waals surface area (Å²) in [6, 6.07) is 12.9. The third kappa shape index (κ3) is 3.83. The first kappa shape index (κ1) is 16.0. The van der Waals surface area contributed by atoms with Crippen LogP contribution in [0.5, 0.6) is 0 Å². The zero-order chi connectivity index (χ0) is 16.1. The van der Waals surface area contributed by atoms with Crippen molar-refractivity contribution in [1.82, 2.24) is 0 Å². The molecule has 1 atom stereocenters. The zero-order valence-corrected chi connectivity index (χ0v) is 12.7. The molecule has 0 saturated heterocycles. The van der Waals surface area contributed by atoms with E-state index in [-0.39, 0.29) is 18.2 Å². The molecule has 5 nitrogen and oxygen atoms in total. The van der Waals surface area contributed by atoms with Crippen LogP contribution in [0.4, 0.5) is 11.4 Å². The van der Waals surface area contributed by atoms with Crippen LogP contribution in [0.3, 0.4) is 0 Å². The molecule has 0 radical (unpaired) electrons. The number of nitrogens with one attached hydrogen (secondary N) is 1. The quantitative estimate of drug-likeness (QED) is 0.631. The van der Waals surface area contributed by atoms with Gasteiger partial charge in [0.1, 0.15) is 5.69 Å². The summed E-state index contributed by atoms with van der Waals surface area (Å²) in [5.41, 5.74) is 3.49. The van der Waals surface area contributed by atoms with Gasteiger partial charge in [0.25, 0.3) is 5.69 Å². The Morgan fingerprint density at radius 1 is 1.23 bits per heavy atom. The van der Waals surface area contributed by atoms with E-state index in [2.05, 4.69) is 36.5 Å². The summed E-state index contributed by atoms with van der Waals surface area (Å²) in [7, 11) is 0. The van der Waals surface area contributed by atoms with Crippen LogP contribution in [0, 0.1) is 17.0 Å². The van der Waals surface area contributed by atoms with E-state index >= 15 is 0 Å². The highest BCUT2D eigenvalue weighted by Crippen LogP contribution is 2.27. The molecule has 2 aromatic rings. The number of nitro benzene ring substituents is 1. The van der Waals surface area contributed by atoms with Gasteiger partial charge in [-0.15, -0.1) is 0 Å². The first-order valence-electron chi connectivity index (χ1n) is 7.20. The highest BCUT2D eigenvalue weighted by atomic mass is 16.6. The fourth-order valence-corrected chi connectivity index (χ4v) is 2.26. The number of aryl methyl sites for hydroxylation is 1. The zero-order valence-electron chi connectivity index (χ0n) is 12.7. The maximum atomic E-state index is 11.1. The van der Waals surface area contributed by atoms with Crippen molar-refractivity contribution >= 4 is 11.4 Å². The van der Waals surface area contributed by atoms with Crippen LogP contribution in [0.15, 0.2) is 42.5 Å². The molecule has 2 aromatic carbocycles. The Morgan fingerprint density at radius 3 is 2.50 bits per heavy atom. The van der Waals surface area contributed by atoms with Crippen LogP contribution in [0.2, 0.25) is 0 Å². The standard InChI is InChI=1S/C17H20N2O3/c1-12-3-6-15(7-4-12)13(2)10-18-16-9-14(11-20)5-8-17(16)19(21)22/h3-9,13,18,20H,10-11H2,1-2H3. The largest absolute Gasteiger partial charge is 0.392 e. The lowest BCUT2D eigenvalue weighted by Gasteiger charge is -2.15. The van der Waals surface area contributed by atoms with E-state index in [0.29, 0.717) is 17.8 Å². The van der Waals surface area contributed by atoms with Crippen molar-refractivity contribution in [1.29, 1.82) is 0 Å². The number of hydrogen-bond acceptors (Lipinski definition) is 4. The minimum atomic E-state index is -0.417. The third-order valence-electron chi connectivity index (χ3n) is 3.69. The first-order valence-corrected chi connectivity index (χ1v) is 7.20. The van der Waals surface area contributed by atoms with Gasteiger partial charge in [0.05, 0.1) is 11.5 Å². The average Bonchev–Trinajstić information content (AvgIpc) is 2.52. The maximum absolute atomic E-state index is 11.1. The van der Waals surface area contributed by atoms with E-state index in [4.69, 9.17) is 0 Å². The number of rotatable bonds is 6. The van der Waals surface area contributed by atoms with Gasteiger partial charge in [0.2, 0.25) is 0 Å². The van der Waals surface area contributed by atoms with Gasteiger partial charge in [0.15, 0.2) is 0 Å². The normalized spacial score (nSPS) is 12.0. The molecule has 116 valence electrons. The molecule has 0 spiro atoms. The molecule has 22 heavy (non-hydrogen) atoms. The van der Waals surface area contributed by atoms with Gasteiger partial charge in [-0.05, 0) is 36.1 Å². The smallest absolute Gasteiger partial charge is 0.292 e. The Bertz CT molecular complexity index is 653. The fourth-order valence-electron chi connectivity index (χ4n) is 2.26. The second-order valence-corrected chi connectivity index (χ2v) is 5.46. The van der Waals surface area contributed by atoms with Crippen molar-refractivity contribution in [2.75, 3.05) is 11.9 Å². The summed E-state index contributed by atoms with van der Waals surface area (Å²) in [6.07, 6.45) is 0. The number of nitro groups is 1. The SMILES string of the molecule is Cc1ccc(C(C)CNc2cc(CO)ccc2[N+](=O)[O-])cc1. The molecule has 0 aromatic heterocycles. The lowest BCUT2D eigenvalue weighted by molar-refractivity contribution is -0.384. The van der Waals surface area contributed by atoms with E-state index in [0.717, 1.165) is 0 Å². The van der Waals surface area contributed by atoms with Gasteiger partial charge in [-0.2, -0.15) is 0 Å². The molecular formula is C17H20N2O3. The van der Waals surface area contributed by atoms with Crippen molar-refractivity contribution in [3.8, 4) is 0 Å². The van der Waals surface area contributed by atoms with E-state index < -0.39 is 4.92 Å². The number of aliphatic hydroxyl groups is 1. The Morgan fingerprint density at radius 2 is 1.91 bits per heavy atom. The molecule has 5 heteroatoms. The summed E-state index contributed by atoms with van der Waals surface area (Å²) >= 11 is 0. The van der Waals surface area contributed by atoms with E-state index in [1.54, 1.807) is 12.1 Å². The molecule has 0 fully saturated rings. The van der Waals surface area contributed by atoms with E-state index in [1.807, 2.05) is 6.92 Å². The number of aliphatic hydroxyl groups excluding tert-OH is 1. The summed E-state index contributed by atoms with van der Waals surface area (Å²) in [5, 5.41) is 23.4. The molecule has 2 rings (SSSR count). The summed E-state index contributed by atoms with van der Waals surface area (Å²) in [4.78, 5) is 10.7. The molecule has 1 unspecified atom stereocenters. The van der Waals surface area contributed by atoms with Crippen LogP contribution in [-0.4, -0.2) is 16.6 Å². The Labute approximate surface area is 129 Å². The topological polar surface area (TPSA) is 75.4 Å². The van der Waals surface area contributed by atoms with Crippen molar-refractivity contribution in [3.05, 3.63) is 69.3 Å². The highest BCUT2D eigenvalue weighted by molar-refractivity contribution is 5.62. The highest BCUT2D eigenvalue weighted by Gasteiger charge is 2.15. The second-order valence-electron chi connectivity index (χ2n) is 5.46. The fraction of sp³-hybridized carbons (Fsp3) is 0.294.